The van der Waals surface area contributed by atoms with E-state index in [0.29, 0.717) is 0 Å². The Labute approximate surface area is 131 Å². The number of ether oxygens (including phenoxy) is 1. The summed E-state index contributed by atoms with van der Waals surface area (Å²) in [6, 6.07) is 5.20. The second-order valence-corrected chi connectivity index (χ2v) is 4.60. The number of aromatic nitrogens is 1. The lowest BCUT2D eigenvalue weighted by atomic mass is 10.2. The molecule has 0 atom stereocenters. The summed E-state index contributed by atoms with van der Waals surface area (Å²) in [4.78, 5) is 2.40. The molecule has 0 unspecified atom stereocenters. The van der Waals surface area contributed by atoms with Gasteiger partial charge in [0, 0.05) is 6.54 Å². The molecule has 24 heavy (non-hydrogen) atoms. The van der Waals surface area contributed by atoms with Gasteiger partial charge in [-0.1, -0.05) is 12.1 Å². The summed E-state index contributed by atoms with van der Waals surface area (Å²) in [5.41, 5.74) is -0.798. The first-order valence-electron chi connectivity index (χ1n) is 6.39. The second kappa shape index (κ2) is 6.93. The summed E-state index contributed by atoms with van der Waals surface area (Å²) >= 11 is 0. The highest BCUT2D eigenvalue weighted by atomic mass is 19.4. The molecule has 0 aliphatic carbocycles. The maximum Gasteiger partial charge on any atom is 0.422 e. The van der Waals surface area contributed by atoms with Crippen molar-refractivity contribution in [3.8, 4) is 5.75 Å². The molecule has 0 aliphatic heterocycles. The number of alkyl halides is 3. The number of rotatable bonds is 5. The van der Waals surface area contributed by atoms with Gasteiger partial charge in [0.25, 0.3) is 11.9 Å². The SMILES string of the molecule is Fc1nc(F)c(F)c(NCc2cccc(OCC(F)(F)F)c2)c1F. The molecule has 0 radical (unpaired) electrons. The van der Waals surface area contributed by atoms with Crippen LogP contribution in [0.3, 0.4) is 0 Å². The highest BCUT2D eigenvalue weighted by molar-refractivity contribution is 5.46. The summed E-state index contributed by atoms with van der Waals surface area (Å²) in [6.07, 6.45) is -4.52. The van der Waals surface area contributed by atoms with Gasteiger partial charge >= 0.3 is 6.18 Å². The van der Waals surface area contributed by atoms with E-state index in [1.165, 1.54) is 24.3 Å². The van der Waals surface area contributed by atoms with Crippen LogP contribution in [0.25, 0.3) is 0 Å². The molecule has 0 fully saturated rings. The quantitative estimate of drug-likeness (QED) is 0.646. The van der Waals surface area contributed by atoms with Gasteiger partial charge in [0.2, 0.25) is 11.6 Å². The van der Waals surface area contributed by atoms with Crippen LogP contribution in [-0.2, 0) is 6.54 Å². The van der Waals surface area contributed by atoms with Gasteiger partial charge in [-0.05, 0) is 17.7 Å². The van der Waals surface area contributed by atoms with Gasteiger partial charge in [0.05, 0.1) is 0 Å². The molecule has 3 nitrogen and oxygen atoms in total. The van der Waals surface area contributed by atoms with Crippen molar-refractivity contribution < 1.29 is 35.5 Å². The van der Waals surface area contributed by atoms with Crippen LogP contribution in [0.2, 0.25) is 0 Å². The predicted molar refractivity (Wildman–Crippen MR) is 69.4 cm³/mol. The van der Waals surface area contributed by atoms with Crippen LogP contribution in [0, 0.1) is 23.5 Å². The van der Waals surface area contributed by atoms with Gasteiger partial charge in [0.1, 0.15) is 11.4 Å². The summed E-state index contributed by atoms with van der Waals surface area (Å²) < 4.78 is 93.5. The van der Waals surface area contributed by atoms with Crippen LogP contribution >= 0.6 is 0 Å². The van der Waals surface area contributed by atoms with Crippen molar-refractivity contribution in [1.29, 1.82) is 0 Å². The van der Waals surface area contributed by atoms with Crippen LogP contribution < -0.4 is 10.1 Å². The van der Waals surface area contributed by atoms with E-state index in [1.54, 1.807) is 0 Å². The Bertz CT molecular complexity index is 708. The highest BCUT2D eigenvalue weighted by Crippen LogP contribution is 2.24. The lowest BCUT2D eigenvalue weighted by Gasteiger charge is -2.12. The molecule has 1 aromatic heterocycles. The Morgan fingerprint density at radius 1 is 1.00 bits per heavy atom. The molecule has 10 heteroatoms. The first kappa shape index (κ1) is 17.8. The van der Waals surface area contributed by atoms with Crippen LogP contribution in [0.1, 0.15) is 5.56 Å². The monoisotopic (exact) mass is 354 g/mol. The maximum absolute atomic E-state index is 13.4. The molecular weight excluding hydrogens is 345 g/mol. The number of nitrogens with one attached hydrogen (secondary N) is 1. The summed E-state index contributed by atoms with van der Waals surface area (Å²) in [6.45, 7) is -1.83. The number of nitrogens with zero attached hydrogens (tertiary/aromatic N) is 1. The number of hydrogen-bond donors (Lipinski definition) is 1. The van der Waals surface area contributed by atoms with E-state index in [1.807, 2.05) is 0 Å². The largest absolute Gasteiger partial charge is 0.484 e. The second-order valence-electron chi connectivity index (χ2n) is 4.60. The van der Waals surface area contributed by atoms with Gasteiger partial charge in [-0.15, -0.1) is 0 Å². The average molecular weight is 354 g/mol. The minimum Gasteiger partial charge on any atom is -0.484 e. The Kier molecular flexibility index (Phi) is 5.15. The molecule has 0 saturated carbocycles. The molecule has 0 saturated heterocycles. The van der Waals surface area contributed by atoms with Gasteiger partial charge < -0.3 is 10.1 Å². The van der Waals surface area contributed by atoms with Crippen molar-refractivity contribution in [2.75, 3.05) is 11.9 Å². The van der Waals surface area contributed by atoms with Gasteiger partial charge in [-0.25, -0.2) is 0 Å². The third-order valence-electron chi connectivity index (χ3n) is 2.77. The zero-order valence-electron chi connectivity index (χ0n) is 11.7. The Hall–Kier alpha value is -2.52. The van der Waals surface area contributed by atoms with Crippen molar-refractivity contribution in [3.63, 3.8) is 0 Å². The van der Waals surface area contributed by atoms with E-state index < -0.39 is 42.0 Å². The van der Waals surface area contributed by atoms with Crippen molar-refractivity contribution in [2.24, 2.45) is 0 Å². The van der Waals surface area contributed by atoms with Crippen molar-refractivity contribution in [3.05, 3.63) is 53.4 Å². The maximum atomic E-state index is 13.4. The van der Waals surface area contributed by atoms with Crippen molar-refractivity contribution >= 4 is 5.69 Å². The van der Waals surface area contributed by atoms with Gasteiger partial charge in [-0.2, -0.15) is 35.7 Å². The molecule has 1 heterocycles. The molecular formula is C14H9F7N2O. The summed E-state index contributed by atoms with van der Waals surface area (Å²) in [5.74, 6) is -7.19. The first-order chi connectivity index (χ1) is 11.2. The number of anilines is 1. The van der Waals surface area contributed by atoms with E-state index in [9.17, 15) is 30.7 Å². The fourth-order valence-corrected chi connectivity index (χ4v) is 1.74. The molecule has 2 rings (SSSR count). The van der Waals surface area contributed by atoms with Crippen molar-refractivity contribution in [1.82, 2.24) is 4.98 Å². The molecule has 2 aromatic rings. The van der Waals surface area contributed by atoms with Crippen molar-refractivity contribution in [2.45, 2.75) is 12.7 Å². The molecule has 1 aromatic carbocycles. The molecule has 130 valence electrons. The standard InChI is InChI=1S/C14H9F7N2O/c15-9-11(10(16)13(18)23-12(9)17)22-5-7-2-1-3-8(4-7)24-6-14(19,20)21/h1-4H,5-6H2,(H,22,23). The topological polar surface area (TPSA) is 34.2 Å². The van der Waals surface area contributed by atoms with E-state index >= 15 is 0 Å². The smallest absolute Gasteiger partial charge is 0.422 e. The van der Waals surface area contributed by atoms with E-state index in [-0.39, 0.29) is 17.9 Å². The third kappa shape index (κ3) is 4.49. The minimum atomic E-state index is -4.52. The Balaban J connectivity index is 2.11. The average Bonchev–Trinajstić information content (AvgIpc) is 2.51. The van der Waals surface area contributed by atoms with E-state index in [0.717, 1.165) is 0 Å². The molecule has 1 N–H and O–H groups in total. The number of halogens is 7. The zero-order chi connectivity index (χ0) is 17.9. The number of benzene rings is 1. The van der Waals surface area contributed by atoms with Gasteiger partial charge in [-0.3, -0.25) is 0 Å². The van der Waals surface area contributed by atoms with Crippen LogP contribution in [0.5, 0.6) is 5.75 Å². The fraction of sp³-hybridized carbons (Fsp3) is 0.214. The van der Waals surface area contributed by atoms with Gasteiger partial charge in [0.15, 0.2) is 6.61 Å². The van der Waals surface area contributed by atoms with E-state index in [4.69, 9.17) is 0 Å². The van der Waals surface area contributed by atoms with Crippen LogP contribution in [-0.4, -0.2) is 17.8 Å². The Morgan fingerprint density at radius 3 is 2.21 bits per heavy atom. The molecule has 0 bridgehead atoms. The van der Waals surface area contributed by atoms with E-state index in [2.05, 4.69) is 15.0 Å². The molecule has 0 amide bonds. The Morgan fingerprint density at radius 2 is 1.62 bits per heavy atom. The fourth-order valence-electron chi connectivity index (χ4n) is 1.74. The lowest BCUT2D eigenvalue weighted by Crippen LogP contribution is -2.19. The number of pyridine rings is 1. The van der Waals surface area contributed by atoms with Crippen LogP contribution in [0.15, 0.2) is 24.3 Å². The molecule has 0 spiro atoms. The lowest BCUT2D eigenvalue weighted by molar-refractivity contribution is -0.153. The minimum absolute atomic E-state index is 0.125. The number of hydrogen-bond acceptors (Lipinski definition) is 3. The first-order valence-corrected chi connectivity index (χ1v) is 6.39. The highest BCUT2D eigenvalue weighted by Gasteiger charge is 2.28. The van der Waals surface area contributed by atoms with Crippen LogP contribution in [0.4, 0.5) is 36.4 Å². The third-order valence-corrected chi connectivity index (χ3v) is 2.77. The summed E-state index contributed by atoms with van der Waals surface area (Å²) in [5, 5.41) is 2.13. The zero-order valence-corrected chi connectivity index (χ0v) is 11.7. The normalized spacial score (nSPS) is 11.5. The molecule has 0 aliphatic rings. The summed E-state index contributed by atoms with van der Waals surface area (Å²) in [7, 11) is 0. The predicted octanol–water partition coefficient (Wildman–Crippen LogP) is 4.19.